The lowest BCUT2D eigenvalue weighted by molar-refractivity contribution is -0.118. The van der Waals surface area contributed by atoms with Crippen LogP contribution in [0.4, 0.5) is 15.8 Å². The molecule has 3 aromatic rings. The molecular weight excluding hydrogens is 425 g/mol. The standard InChI is InChI=1S/C21H18FN3O5S/c22-15-3-7-17(8-4-15)25-31(28,29)19-11-9-18(10-12-19)30-13-20(26)24-16-5-1-14(2-6-16)21(23)27/h1-12,25H,13H2,(H2,23,27)(H,24,26). The second kappa shape index (κ2) is 9.26. The lowest BCUT2D eigenvalue weighted by atomic mass is 10.2. The van der Waals surface area contributed by atoms with Gasteiger partial charge in [-0.05, 0) is 72.8 Å². The summed E-state index contributed by atoms with van der Waals surface area (Å²) in [5.74, 6) is -1.20. The summed E-state index contributed by atoms with van der Waals surface area (Å²) < 4.78 is 45.4. The Morgan fingerprint density at radius 2 is 1.45 bits per heavy atom. The van der Waals surface area contributed by atoms with Crippen molar-refractivity contribution >= 4 is 33.2 Å². The SMILES string of the molecule is NC(=O)c1ccc(NC(=O)COc2ccc(S(=O)(=O)Nc3ccc(F)cc3)cc2)cc1. The number of halogens is 1. The molecule has 0 fully saturated rings. The zero-order chi connectivity index (χ0) is 22.4. The van der Waals surface area contributed by atoms with E-state index in [0.717, 1.165) is 12.1 Å². The molecule has 0 heterocycles. The van der Waals surface area contributed by atoms with E-state index >= 15 is 0 Å². The number of amides is 2. The van der Waals surface area contributed by atoms with Gasteiger partial charge in [0.15, 0.2) is 6.61 Å². The van der Waals surface area contributed by atoms with Gasteiger partial charge in [-0.2, -0.15) is 0 Å². The number of anilines is 2. The predicted molar refractivity (Wildman–Crippen MR) is 113 cm³/mol. The third kappa shape index (κ3) is 6.03. The molecule has 160 valence electrons. The zero-order valence-corrected chi connectivity index (χ0v) is 16.9. The van der Waals surface area contributed by atoms with E-state index in [0.29, 0.717) is 17.0 Å². The summed E-state index contributed by atoms with van der Waals surface area (Å²) in [6, 6.07) is 16.4. The van der Waals surface area contributed by atoms with Gasteiger partial charge in [-0.1, -0.05) is 0 Å². The van der Waals surface area contributed by atoms with Gasteiger partial charge in [0.05, 0.1) is 4.90 Å². The van der Waals surface area contributed by atoms with E-state index in [1.165, 1.54) is 60.7 Å². The van der Waals surface area contributed by atoms with Crippen molar-refractivity contribution in [3.05, 3.63) is 84.2 Å². The first-order chi connectivity index (χ1) is 14.7. The van der Waals surface area contributed by atoms with Gasteiger partial charge < -0.3 is 15.8 Å². The third-order valence-electron chi connectivity index (χ3n) is 4.05. The van der Waals surface area contributed by atoms with Crippen molar-refractivity contribution in [3.63, 3.8) is 0 Å². The number of hydrogen-bond donors (Lipinski definition) is 3. The maximum atomic E-state index is 12.9. The lowest BCUT2D eigenvalue weighted by Gasteiger charge is -2.10. The molecule has 0 radical (unpaired) electrons. The highest BCUT2D eigenvalue weighted by atomic mass is 32.2. The molecule has 0 spiro atoms. The van der Waals surface area contributed by atoms with E-state index in [9.17, 15) is 22.4 Å². The minimum absolute atomic E-state index is 0.0248. The van der Waals surface area contributed by atoms with Crippen LogP contribution in [-0.4, -0.2) is 26.8 Å². The van der Waals surface area contributed by atoms with Gasteiger partial charge >= 0.3 is 0 Å². The first-order valence-electron chi connectivity index (χ1n) is 8.94. The molecule has 4 N–H and O–H groups in total. The van der Waals surface area contributed by atoms with Crippen molar-refractivity contribution in [2.45, 2.75) is 4.90 Å². The summed E-state index contributed by atoms with van der Waals surface area (Å²) in [6.07, 6.45) is 0. The van der Waals surface area contributed by atoms with Crippen molar-refractivity contribution < 1.29 is 27.1 Å². The summed E-state index contributed by atoms with van der Waals surface area (Å²) in [5.41, 5.74) is 6.16. The van der Waals surface area contributed by atoms with Crippen molar-refractivity contribution in [1.82, 2.24) is 0 Å². The van der Waals surface area contributed by atoms with Crippen LogP contribution < -0.4 is 20.5 Å². The number of sulfonamides is 1. The minimum Gasteiger partial charge on any atom is -0.484 e. The maximum Gasteiger partial charge on any atom is 0.262 e. The molecular formula is C21H18FN3O5S. The molecule has 2 amide bonds. The molecule has 0 aliphatic rings. The molecule has 8 nitrogen and oxygen atoms in total. The van der Waals surface area contributed by atoms with Crippen LogP contribution in [0.5, 0.6) is 5.75 Å². The molecule has 0 bridgehead atoms. The minimum atomic E-state index is -3.86. The number of nitrogens with two attached hydrogens (primary N) is 1. The van der Waals surface area contributed by atoms with Crippen molar-refractivity contribution in [1.29, 1.82) is 0 Å². The second-order valence-electron chi connectivity index (χ2n) is 6.36. The highest BCUT2D eigenvalue weighted by molar-refractivity contribution is 7.92. The summed E-state index contributed by atoms with van der Waals surface area (Å²) in [7, 11) is -3.86. The van der Waals surface area contributed by atoms with Crippen LogP contribution in [0.15, 0.2) is 77.7 Å². The molecule has 0 aliphatic heterocycles. The molecule has 0 unspecified atom stereocenters. The van der Waals surface area contributed by atoms with Crippen LogP contribution >= 0.6 is 0 Å². The van der Waals surface area contributed by atoms with E-state index in [1.807, 2.05) is 0 Å². The second-order valence-corrected chi connectivity index (χ2v) is 8.04. The van der Waals surface area contributed by atoms with Crippen molar-refractivity contribution in [2.75, 3.05) is 16.6 Å². The average Bonchev–Trinajstić information content (AvgIpc) is 2.74. The first-order valence-corrected chi connectivity index (χ1v) is 10.4. The number of rotatable bonds is 8. The summed E-state index contributed by atoms with van der Waals surface area (Å²) in [4.78, 5) is 23.0. The van der Waals surface area contributed by atoms with Crippen LogP contribution in [0.25, 0.3) is 0 Å². The fourth-order valence-electron chi connectivity index (χ4n) is 2.51. The lowest BCUT2D eigenvalue weighted by Crippen LogP contribution is -2.20. The van der Waals surface area contributed by atoms with Gasteiger partial charge in [0.1, 0.15) is 11.6 Å². The monoisotopic (exact) mass is 443 g/mol. The molecule has 0 aromatic heterocycles. The summed E-state index contributed by atoms with van der Waals surface area (Å²) in [6.45, 7) is -0.308. The fourth-order valence-corrected chi connectivity index (χ4v) is 3.57. The largest absolute Gasteiger partial charge is 0.484 e. The smallest absolute Gasteiger partial charge is 0.262 e. The Morgan fingerprint density at radius 1 is 0.871 bits per heavy atom. The first kappa shape index (κ1) is 21.8. The normalized spacial score (nSPS) is 10.9. The molecule has 10 heteroatoms. The molecule has 0 atom stereocenters. The van der Waals surface area contributed by atoms with Crippen LogP contribution in [0.3, 0.4) is 0 Å². The molecule has 3 aromatic carbocycles. The Morgan fingerprint density at radius 3 is 2.03 bits per heavy atom. The Labute approximate surface area is 177 Å². The maximum absolute atomic E-state index is 12.9. The van der Waals surface area contributed by atoms with Gasteiger partial charge in [0.25, 0.3) is 15.9 Å². The molecule has 0 saturated carbocycles. The van der Waals surface area contributed by atoms with E-state index in [-0.39, 0.29) is 17.2 Å². The quantitative estimate of drug-likeness (QED) is 0.493. The van der Waals surface area contributed by atoms with Crippen LogP contribution in [-0.2, 0) is 14.8 Å². The van der Waals surface area contributed by atoms with Crippen LogP contribution in [0.1, 0.15) is 10.4 Å². The third-order valence-corrected chi connectivity index (χ3v) is 5.45. The van der Waals surface area contributed by atoms with Gasteiger partial charge in [0.2, 0.25) is 5.91 Å². The number of nitrogens with one attached hydrogen (secondary N) is 2. The van der Waals surface area contributed by atoms with Crippen molar-refractivity contribution in [2.24, 2.45) is 5.73 Å². The molecule has 3 rings (SSSR count). The number of benzene rings is 3. The molecule has 0 aliphatic carbocycles. The number of carbonyl (C=O) groups excluding carboxylic acids is 2. The topological polar surface area (TPSA) is 128 Å². The van der Waals surface area contributed by atoms with E-state index in [4.69, 9.17) is 10.5 Å². The van der Waals surface area contributed by atoms with Crippen LogP contribution in [0, 0.1) is 5.82 Å². The van der Waals surface area contributed by atoms with E-state index in [1.54, 1.807) is 0 Å². The van der Waals surface area contributed by atoms with E-state index < -0.39 is 27.7 Å². The van der Waals surface area contributed by atoms with Crippen LogP contribution in [0.2, 0.25) is 0 Å². The van der Waals surface area contributed by atoms with E-state index in [2.05, 4.69) is 10.0 Å². The van der Waals surface area contributed by atoms with Gasteiger partial charge in [0, 0.05) is 16.9 Å². The van der Waals surface area contributed by atoms with Gasteiger partial charge in [-0.15, -0.1) is 0 Å². The number of carbonyl (C=O) groups is 2. The number of primary amides is 1. The highest BCUT2D eigenvalue weighted by Crippen LogP contribution is 2.19. The molecule has 31 heavy (non-hydrogen) atoms. The fraction of sp³-hybridized carbons (Fsp3) is 0.0476. The van der Waals surface area contributed by atoms with Gasteiger partial charge in [-0.3, -0.25) is 14.3 Å². The Bertz CT molecular complexity index is 1180. The Kier molecular flexibility index (Phi) is 6.51. The zero-order valence-electron chi connectivity index (χ0n) is 16.0. The summed E-state index contributed by atoms with van der Waals surface area (Å²) in [5, 5.41) is 2.60. The number of ether oxygens (including phenoxy) is 1. The average molecular weight is 443 g/mol. The highest BCUT2D eigenvalue weighted by Gasteiger charge is 2.14. The Hall–Kier alpha value is -3.92. The van der Waals surface area contributed by atoms with Gasteiger partial charge in [-0.25, -0.2) is 12.8 Å². The molecule has 0 saturated heterocycles. The Balaban J connectivity index is 1.55. The predicted octanol–water partition coefficient (Wildman–Crippen LogP) is 2.74. The number of hydrogen-bond acceptors (Lipinski definition) is 5. The van der Waals surface area contributed by atoms with Crippen molar-refractivity contribution in [3.8, 4) is 5.75 Å². The summed E-state index contributed by atoms with van der Waals surface area (Å²) >= 11 is 0.